The summed E-state index contributed by atoms with van der Waals surface area (Å²) in [5.41, 5.74) is 13.9. The minimum Gasteiger partial charge on any atom is -0.351 e. The van der Waals surface area contributed by atoms with Crippen molar-refractivity contribution in [2.75, 3.05) is 13.1 Å². The molecule has 0 bridgehead atoms. The van der Waals surface area contributed by atoms with Crippen LogP contribution in [0.3, 0.4) is 0 Å². The average molecular weight is 247 g/mol. The smallest absolute Gasteiger partial charge is 0.314 e. The predicted molar refractivity (Wildman–Crippen MR) is 72.3 cm³/mol. The maximum absolute atomic E-state index is 11.3. The quantitative estimate of drug-likeness (QED) is 0.830. The van der Waals surface area contributed by atoms with Crippen LogP contribution in [0, 0.1) is 0 Å². The number of carbonyl (C=O) groups excluding carboxylic acids is 1. The van der Waals surface area contributed by atoms with E-state index in [-0.39, 0.29) is 12.1 Å². The fourth-order valence-corrected chi connectivity index (χ4v) is 2.59. The zero-order valence-corrected chi connectivity index (χ0v) is 10.8. The Kier molecular flexibility index (Phi) is 3.87. The maximum Gasteiger partial charge on any atom is 0.314 e. The van der Waals surface area contributed by atoms with Crippen LogP contribution in [0.1, 0.15) is 30.4 Å². The van der Waals surface area contributed by atoms with Crippen molar-refractivity contribution in [3.8, 4) is 0 Å². The van der Waals surface area contributed by atoms with E-state index in [1.165, 1.54) is 11.1 Å². The Morgan fingerprint density at radius 2 is 2.00 bits per heavy atom. The lowest BCUT2D eigenvalue weighted by molar-refractivity contribution is 0.180. The summed E-state index contributed by atoms with van der Waals surface area (Å²) in [7, 11) is 0. The molecule has 0 spiro atoms. The van der Waals surface area contributed by atoms with Crippen molar-refractivity contribution in [2.45, 2.75) is 31.7 Å². The van der Waals surface area contributed by atoms with Gasteiger partial charge in [0.1, 0.15) is 0 Å². The fourth-order valence-electron chi connectivity index (χ4n) is 2.59. The topological polar surface area (TPSA) is 72.3 Å². The van der Waals surface area contributed by atoms with Gasteiger partial charge in [-0.05, 0) is 24.0 Å². The van der Waals surface area contributed by atoms with Gasteiger partial charge in [0.25, 0.3) is 0 Å². The summed E-state index contributed by atoms with van der Waals surface area (Å²) in [4.78, 5) is 12.9. The zero-order valence-electron chi connectivity index (χ0n) is 10.8. The molecule has 2 rings (SSSR count). The Morgan fingerprint density at radius 1 is 1.33 bits per heavy atom. The third-order valence-corrected chi connectivity index (χ3v) is 3.65. The highest BCUT2D eigenvalue weighted by molar-refractivity contribution is 5.72. The molecule has 1 aliphatic heterocycles. The maximum atomic E-state index is 11.3. The van der Waals surface area contributed by atoms with E-state index in [1.54, 1.807) is 4.90 Å². The second-order valence-electron chi connectivity index (χ2n) is 5.03. The van der Waals surface area contributed by atoms with Crippen molar-refractivity contribution in [2.24, 2.45) is 11.5 Å². The van der Waals surface area contributed by atoms with Crippen LogP contribution in [-0.2, 0) is 6.42 Å². The number of nitrogens with zero attached hydrogens (tertiary/aromatic N) is 1. The molecule has 98 valence electrons. The first-order valence-corrected chi connectivity index (χ1v) is 6.49. The van der Waals surface area contributed by atoms with Gasteiger partial charge in [-0.2, -0.15) is 0 Å². The number of amides is 2. The standard InChI is InChI=1S/C14H21N3O/c1-2-10-3-5-11(6-4-10)12-7-13(15)9-17(8-12)14(16)18/h3-6,12-13H,2,7-9,15H2,1H3,(H2,16,18). The molecule has 1 aromatic carbocycles. The molecule has 4 nitrogen and oxygen atoms in total. The number of hydrogen-bond donors (Lipinski definition) is 2. The number of benzene rings is 1. The molecule has 0 radical (unpaired) electrons. The molecule has 1 saturated heterocycles. The summed E-state index contributed by atoms with van der Waals surface area (Å²) >= 11 is 0. The number of hydrogen-bond acceptors (Lipinski definition) is 2. The van der Waals surface area contributed by atoms with Gasteiger partial charge in [-0.3, -0.25) is 0 Å². The second kappa shape index (κ2) is 5.40. The van der Waals surface area contributed by atoms with Crippen LogP contribution < -0.4 is 11.5 Å². The van der Waals surface area contributed by atoms with Gasteiger partial charge in [-0.15, -0.1) is 0 Å². The SMILES string of the molecule is CCc1ccc(C2CC(N)CN(C(N)=O)C2)cc1. The minimum atomic E-state index is -0.375. The molecule has 0 aliphatic carbocycles. The molecule has 4 heteroatoms. The number of aryl methyl sites for hydroxylation is 1. The number of carbonyl (C=O) groups is 1. The molecule has 2 unspecified atom stereocenters. The molecule has 2 amide bonds. The highest BCUT2D eigenvalue weighted by Crippen LogP contribution is 2.26. The molecule has 1 fully saturated rings. The van der Waals surface area contributed by atoms with Crippen molar-refractivity contribution in [3.63, 3.8) is 0 Å². The van der Waals surface area contributed by atoms with E-state index in [1.807, 2.05) is 0 Å². The van der Waals surface area contributed by atoms with Crippen LogP contribution in [0.25, 0.3) is 0 Å². The fraction of sp³-hybridized carbons (Fsp3) is 0.500. The largest absolute Gasteiger partial charge is 0.351 e. The van der Waals surface area contributed by atoms with Crippen LogP contribution in [-0.4, -0.2) is 30.1 Å². The summed E-state index contributed by atoms with van der Waals surface area (Å²) < 4.78 is 0. The van der Waals surface area contributed by atoms with Gasteiger partial charge < -0.3 is 16.4 Å². The Balaban J connectivity index is 2.13. The lowest BCUT2D eigenvalue weighted by Crippen LogP contribution is -2.50. The van der Waals surface area contributed by atoms with E-state index >= 15 is 0 Å². The number of rotatable bonds is 2. The van der Waals surface area contributed by atoms with E-state index < -0.39 is 0 Å². The summed E-state index contributed by atoms with van der Waals surface area (Å²) in [6.07, 6.45) is 1.95. The Labute approximate surface area is 108 Å². The molecule has 2 atom stereocenters. The Hall–Kier alpha value is -1.55. The number of piperidine rings is 1. The number of likely N-dealkylation sites (tertiary alicyclic amines) is 1. The van der Waals surface area contributed by atoms with Gasteiger partial charge in [-0.1, -0.05) is 31.2 Å². The van der Waals surface area contributed by atoms with E-state index in [2.05, 4.69) is 31.2 Å². The lowest BCUT2D eigenvalue weighted by Gasteiger charge is -2.35. The Bertz CT molecular complexity index is 416. The first-order valence-electron chi connectivity index (χ1n) is 6.49. The Morgan fingerprint density at radius 3 is 2.56 bits per heavy atom. The molecule has 0 saturated carbocycles. The predicted octanol–water partition coefficient (Wildman–Crippen LogP) is 1.44. The highest BCUT2D eigenvalue weighted by Gasteiger charge is 2.27. The highest BCUT2D eigenvalue weighted by atomic mass is 16.2. The zero-order chi connectivity index (χ0) is 13.1. The molecular formula is C14H21N3O. The van der Waals surface area contributed by atoms with Crippen LogP contribution in [0.5, 0.6) is 0 Å². The van der Waals surface area contributed by atoms with Crippen LogP contribution in [0.4, 0.5) is 4.79 Å². The monoisotopic (exact) mass is 247 g/mol. The van der Waals surface area contributed by atoms with Gasteiger partial charge in [-0.25, -0.2) is 4.79 Å². The van der Waals surface area contributed by atoms with Gasteiger partial charge >= 0.3 is 6.03 Å². The average Bonchev–Trinajstić information content (AvgIpc) is 2.38. The van der Waals surface area contributed by atoms with Crippen molar-refractivity contribution < 1.29 is 4.79 Å². The number of nitrogens with two attached hydrogens (primary N) is 2. The summed E-state index contributed by atoms with van der Waals surface area (Å²) in [6.45, 7) is 3.38. The molecular weight excluding hydrogens is 226 g/mol. The van der Waals surface area contributed by atoms with Crippen LogP contribution in [0.15, 0.2) is 24.3 Å². The van der Waals surface area contributed by atoms with Gasteiger partial charge in [0.15, 0.2) is 0 Å². The van der Waals surface area contributed by atoms with Crippen molar-refractivity contribution in [3.05, 3.63) is 35.4 Å². The van der Waals surface area contributed by atoms with E-state index in [4.69, 9.17) is 11.5 Å². The molecule has 4 N–H and O–H groups in total. The van der Waals surface area contributed by atoms with Crippen LogP contribution >= 0.6 is 0 Å². The van der Waals surface area contributed by atoms with Gasteiger partial charge in [0.2, 0.25) is 0 Å². The normalized spacial score (nSPS) is 24.0. The van der Waals surface area contributed by atoms with Gasteiger partial charge in [0.05, 0.1) is 0 Å². The van der Waals surface area contributed by atoms with Crippen molar-refractivity contribution in [1.82, 2.24) is 4.90 Å². The third kappa shape index (κ3) is 2.82. The lowest BCUT2D eigenvalue weighted by atomic mass is 9.88. The molecule has 1 aliphatic rings. The summed E-state index contributed by atoms with van der Waals surface area (Å²) in [5.74, 6) is 0.298. The van der Waals surface area contributed by atoms with Crippen molar-refractivity contribution in [1.29, 1.82) is 0 Å². The molecule has 1 aromatic rings. The van der Waals surface area contributed by atoms with Gasteiger partial charge in [0, 0.05) is 25.0 Å². The summed E-state index contributed by atoms with van der Waals surface area (Å²) in [5, 5.41) is 0. The molecule has 18 heavy (non-hydrogen) atoms. The van der Waals surface area contributed by atoms with Crippen LogP contribution in [0.2, 0.25) is 0 Å². The molecule has 1 heterocycles. The first-order chi connectivity index (χ1) is 8.60. The minimum absolute atomic E-state index is 0.0158. The first kappa shape index (κ1) is 12.9. The van der Waals surface area contributed by atoms with E-state index in [9.17, 15) is 4.79 Å². The summed E-state index contributed by atoms with van der Waals surface area (Å²) in [6, 6.07) is 8.21. The van der Waals surface area contributed by atoms with E-state index in [0.717, 1.165) is 12.8 Å². The number of primary amides is 1. The third-order valence-electron chi connectivity index (χ3n) is 3.65. The molecule has 0 aromatic heterocycles. The van der Waals surface area contributed by atoms with Crippen molar-refractivity contribution >= 4 is 6.03 Å². The second-order valence-corrected chi connectivity index (χ2v) is 5.03. The number of urea groups is 1. The van der Waals surface area contributed by atoms with E-state index in [0.29, 0.717) is 19.0 Å².